The van der Waals surface area contributed by atoms with Gasteiger partial charge in [-0.15, -0.1) is 0 Å². The summed E-state index contributed by atoms with van der Waals surface area (Å²) in [6.07, 6.45) is 68.3. The lowest BCUT2D eigenvalue weighted by atomic mass is 10.0. The zero-order chi connectivity index (χ0) is 38.7. The molecule has 1 aromatic rings. The summed E-state index contributed by atoms with van der Waals surface area (Å²) in [6.45, 7) is 9.42. The van der Waals surface area contributed by atoms with Crippen LogP contribution in [0.1, 0.15) is 303 Å². The molecule has 0 spiro atoms. The highest BCUT2D eigenvalue weighted by atomic mass is 15.1. The lowest BCUT2D eigenvalue weighted by Gasteiger charge is -2.07. The van der Waals surface area contributed by atoms with Crippen LogP contribution < -0.4 is 4.57 Å². The van der Waals surface area contributed by atoms with Gasteiger partial charge in [0.05, 0.1) is 13.1 Å². The van der Waals surface area contributed by atoms with Gasteiger partial charge in [0, 0.05) is 6.42 Å². The van der Waals surface area contributed by atoms with Gasteiger partial charge in [0.1, 0.15) is 12.4 Å². The molecule has 2 nitrogen and oxygen atoms in total. The van der Waals surface area contributed by atoms with Crippen LogP contribution in [0.5, 0.6) is 0 Å². The summed E-state index contributed by atoms with van der Waals surface area (Å²) in [4.78, 5) is 0. The minimum atomic E-state index is 1.23. The summed E-state index contributed by atoms with van der Waals surface area (Å²) >= 11 is 0. The van der Waals surface area contributed by atoms with Crippen molar-refractivity contribution in [2.45, 2.75) is 316 Å². The first-order valence-electron chi connectivity index (χ1n) is 25.9. The normalized spacial score (nSPS) is 11.7. The van der Waals surface area contributed by atoms with Crippen LogP contribution in [0.4, 0.5) is 0 Å². The minimum Gasteiger partial charge on any atom is -0.234 e. The fraction of sp³-hybridized carbons (Fsp3) is 0.942. The van der Waals surface area contributed by atoms with E-state index in [1.807, 2.05) is 0 Å². The molecule has 1 rings (SSSR count). The summed E-state index contributed by atoms with van der Waals surface area (Å²) in [6, 6.07) is 0. The molecule has 0 unspecified atom stereocenters. The van der Waals surface area contributed by atoms with Crippen molar-refractivity contribution in [3.63, 3.8) is 0 Å². The molecule has 0 aliphatic carbocycles. The monoisotopic (exact) mass is 756 g/mol. The molecule has 0 N–H and O–H groups in total. The number of aryl methyl sites for hydroxylation is 2. The standard InChI is InChI=1S/C52H103N2/c1-4-7-10-13-16-19-22-24-26-27-29-31-34-37-40-43-46-49-54-51-50-53(48-45-42-39-36-33-21-18-15-12-9-6-3)52(54)47-44-41-38-35-32-30-28-25-23-20-17-14-11-8-5-2/h50-51H,4-49H2,1-3H3/q+1. The van der Waals surface area contributed by atoms with Crippen LogP contribution in [0, 0.1) is 0 Å². The zero-order valence-electron chi connectivity index (χ0n) is 38.1. The summed E-state index contributed by atoms with van der Waals surface area (Å²) in [5.41, 5.74) is 0. The van der Waals surface area contributed by atoms with Crippen LogP contribution in [0.2, 0.25) is 0 Å². The molecule has 2 heteroatoms. The van der Waals surface area contributed by atoms with E-state index in [1.165, 1.54) is 296 Å². The number of hydrogen-bond donors (Lipinski definition) is 0. The van der Waals surface area contributed by atoms with E-state index in [0.717, 1.165) is 0 Å². The molecule has 0 saturated carbocycles. The average Bonchev–Trinajstić information content (AvgIpc) is 3.57. The maximum Gasteiger partial charge on any atom is 0.256 e. The third-order valence-electron chi connectivity index (χ3n) is 12.6. The second-order valence-electron chi connectivity index (χ2n) is 18.0. The van der Waals surface area contributed by atoms with E-state index >= 15 is 0 Å². The predicted molar refractivity (Wildman–Crippen MR) is 244 cm³/mol. The van der Waals surface area contributed by atoms with Crippen LogP contribution in [0.25, 0.3) is 0 Å². The summed E-state index contributed by atoms with van der Waals surface area (Å²) in [7, 11) is 0. The average molecular weight is 756 g/mol. The van der Waals surface area contributed by atoms with Crippen molar-refractivity contribution in [3.05, 3.63) is 18.2 Å². The number of hydrogen-bond acceptors (Lipinski definition) is 0. The van der Waals surface area contributed by atoms with Crippen molar-refractivity contribution >= 4 is 0 Å². The second kappa shape index (κ2) is 43.3. The third-order valence-corrected chi connectivity index (χ3v) is 12.6. The lowest BCUT2D eigenvalue weighted by molar-refractivity contribution is -0.704. The Labute approximate surface area is 342 Å². The first-order valence-corrected chi connectivity index (χ1v) is 25.9. The molecular formula is C52H103N2+. The van der Waals surface area contributed by atoms with E-state index in [9.17, 15) is 0 Å². The molecule has 1 aromatic heterocycles. The van der Waals surface area contributed by atoms with E-state index in [2.05, 4.69) is 42.3 Å². The number of imidazole rings is 1. The molecule has 0 aliphatic rings. The first-order chi connectivity index (χ1) is 26.8. The molecule has 0 amide bonds. The number of unbranched alkanes of at least 4 members (excludes halogenated alkanes) is 40. The van der Waals surface area contributed by atoms with Crippen molar-refractivity contribution in [1.29, 1.82) is 0 Å². The molecule has 320 valence electrons. The second-order valence-corrected chi connectivity index (χ2v) is 18.0. The Morgan fingerprint density at radius 3 is 0.889 bits per heavy atom. The Morgan fingerprint density at radius 1 is 0.315 bits per heavy atom. The molecule has 0 aromatic carbocycles. The predicted octanol–water partition coefficient (Wildman–Crippen LogP) is 18.2. The van der Waals surface area contributed by atoms with Gasteiger partial charge in [-0.25, -0.2) is 9.13 Å². The maximum atomic E-state index is 2.66. The van der Waals surface area contributed by atoms with E-state index in [0.29, 0.717) is 0 Å². The fourth-order valence-corrected chi connectivity index (χ4v) is 8.80. The first kappa shape index (κ1) is 51.2. The quantitative estimate of drug-likeness (QED) is 0.0463. The topological polar surface area (TPSA) is 8.81 Å². The molecule has 0 radical (unpaired) electrons. The maximum absolute atomic E-state index is 2.66. The van der Waals surface area contributed by atoms with Crippen LogP contribution in [-0.2, 0) is 19.5 Å². The highest BCUT2D eigenvalue weighted by Gasteiger charge is 2.16. The van der Waals surface area contributed by atoms with Gasteiger partial charge in [-0.05, 0) is 32.1 Å². The molecule has 0 saturated heterocycles. The Balaban J connectivity index is 2.23. The minimum absolute atomic E-state index is 1.23. The molecule has 54 heavy (non-hydrogen) atoms. The van der Waals surface area contributed by atoms with Gasteiger partial charge in [-0.2, -0.15) is 0 Å². The van der Waals surface area contributed by atoms with Gasteiger partial charge in [0.25, 0.3) is 5.82 Å². The summed E-state index contributed by atoms with van der Waals surface area (Å²) < 4.78 is 5.32. The molecule has 0 aliphatic heterocycles. The van der Waals surface area contributed by atoms with Gasteiger partial charge >= 0.3 is 0 Å². The highest BCUT2D eigenvalue weighted by molar-refractivity contribution is 4.84. The molecule has 0 bridgehead atoms. The van der Waals surface area contributed by atoms with Crippen LogP contribution >= 0.6 is 0 Å². The molecule has 0 fully saturated rings. The van der Waals surface area contributed by atoms with Gasteiger partial charge in [-0.3, -0.25) is 0 Å². The number of rotatable bonds is 46. The molecule has 0 atom stereocenters. The Kier molecular flexibility index (Phi) is 41.1. The van der Waals surface area contributed by atoms with Gasteiger partial charge in [-0.1, -0.05) is 265 Å². The van der Waals surface area contributed by atoms with E-state index in [-0.39, 0.29) is 0 Å². The van der Waals surface area contributed by atoms with Crippen molar-refractivity contribution in [3.8, 4) is 0 Å². The molecule has 1 heterocycles. The highest BCUT2D eigenvalue weighted by Crippen LogP contribution is 2.17. The number of aromatic nitrogens is 2. The van der Waals surface area contributed by atoms with Gasteiger partial charge in [0.2, 0.25) is 0 Å². The lowest BCUT2D eigenvalue weighted by Crippen LogP contribution is -2.37. The van der Waals surface area contributed by atoms with E-state index in [1.54, 1.807) is 5.82 Å². The molecular weight excluding hydrogens is 653 g/mol. The van der Waals surface area contributed by atoms with Crippen molar-refractivity contribution < 1.29 is 4.57 Å². The van der Waals surface area contributed by atoms with Crippen LogP contribution in [0.15, 0.2) is 12.4 Å². The third kappa shape index (κ3) is 34.5. The van der Waals surface area contributed by atoms with Gasteiger partial charge in [0.15, 0.2) is 0 Å². The van der Waals surface area contributed by atoms with Crippen molar-refractivity contribution in [2.75, 3.05) is 0 Å². The van der Waals surface area contributed by atoms with E-state index < -0.39 is 0 Å². The van der Waals surface area contributed by atoms with Crippen molar-refractivity contribution in [1.82, 2.24) is 4.57 Å². The van der Waals surface area contributed by atoms with Crippen LogP contribution in [0.3, 0.4) is 0 Å². The largest absolute Gasteiger partial charge is 0.256 e. The zero-order valence-corrected chi connectivity index (χ0v) is 38.1. The van der Waals surface area contributed by atoms with Crippen LogP contribution in [-0.4, -0.2) is 4.57 Å². The van der Waals surface area contributed by atoms with Gasteiger partial charge < -0.3 is 0 Å². The Morgan fingerprint density at radius 2 is 0.574 bits per heavy atom. The fourth-order valence-electron chi connectivity index (χ4n) is 8.80. The summed E-state index contributed by atoms with van der Waals surface area (Å²) in [5.74, 6) is 1.63. The number of nitrogens with zero attached hydrogens (tertiary/aromatic N) is 2. The Hall–Kier alpha value is -0.790. The SMILES string of the molecule is CCCCCCCCCCCCCCCCCCCn1cc[n+](CCCCCCCCCCCCC)c1CCCCCCCCCCCCCCCCC. The summed E-state index contributed by atoms with van der Waals surface area (Å²) in [5, 5.41) is 0. The Bertz CT molecular complexity index is 826. The van der Waals surface area contributed by atoms with E-state index in [4.69, 9.17) is 0 Å². The van der Waals surface area contributed by atoms with Crippen molar-refractivity contribution in [2.24, 2.45) is 0 Å². The smallest absolute Gasteiger partial charge is 0.234 e.